The Balaban J connectivity index is 0.000000254. The fourth-order valence-electron chi connectivity index (χ4n) is 8.64. The van der Waals surface area contributed by atoms with Crippen molar-refractivity contribution in [2.75, 3.05) is 46.9 Å². The van der Waals surface area contributed by atoms with E-state index in [1.807, 2.05) is 100 Å². The summed E-state index contributed by atoms with van der Waals surface area (Å²) >= 11 is 0. The van der Waals surface area contributed by atoms with Gasteiger partial charge < -0.3 is 35.6 Å². The summed E-state index contributed by atoms with van der Waals surface area (Å²) in [5.41, 5.74) is 1.44. The third-order valence-corrected chi connectivity index (χ3v) is 12.7. The zero-order chi connectivity index (χ0) is 50.1. The molecule has 0 unspecified atom stereocenters. The van der Waals surface area contributed by atoms with Gasteiger partial charge in [0.2, 0.25) is 11.8 Å². The molecular formula is C53H69F6N5O4. The molecule has 0 spiro atoms. The molecule has 2 saturated heterocycles. The molecule has 2 fully saturated rings. The van der Waals surface area contributed by atoms with E-state index in [0.717, 1.165) is 55.0 Å². The van der Waals surface area contributed by atoms with E-state index in [9.17, 15) is 35.9 Å². The number of benzene rings is 4. The highest BCUT2D eigenvalue weighted by Crippen LogP contribution is 2.38. The minimum Gasteiger partial charge on any atom is -0.372 e. The van der Waals surface area contributed by atoms with Gasteiger partial charge in [0, 0.05) is 30.6 Å². The Morgan fingerprint density at radius 3 is 1.40 bits per heavy atom. The van der Waals surface area contributed by atoms with Crippen molar-refractivity contribution in [3.8, 4) is 0 Å². The Morgan fingerprint density at radius 2 is 1.06 bits per heavy atom. The zero-order valence-electron chi connectivity index (χ0n) is 40.8. The smallest absolute Gasteiger partial charge is 0.372 e. The highest BCUT2D eigenvalue weighted by Gasteiger charge is 2.40. The summed E-state index contributed by atoms with van der Waals surface area (Å²) in [7, 11) is 3.70. The molecule has 2 aliphatic rings. The Morgan fingerprint density at radius 1 is 0.662 bits per heavy atom. The van der Waals surface area contributed by atoms with E-state index in [1.165, 1.54) is 6.07 Å². The molecule has 0 saturated carbocycles. The molecule has 4 aromatic rings. The Hall–Kier alpha value is -4.80. The minimum atomic E-state index is -4.40. The number of carbonyl (C=O) groups excluding carboxylic acids is 2. The number of carbonyl (C=O) groups is 2. The van der Waals surface area contributed by atoms with Gasteiger partial charge in [0.1, 0.15) is 0 Å². The van der Waals surface area contributed by atoms with Gasteiger partial charge in [-0.25, -0.2) is 0 Å². The van der Waals surface area contributed by atoms with Crippen molar-refractivity contribution in [2.24, 2.45) is 5.41 Å². The van der Waals surface area contributed by atoms with E-state index >= 15 is 0 Å². The van der Waals surface area contributed by atoms with E-state index in [1.54, 1.807) is 39.8 Å². The molecule has 4 aromatic carbocycles. The van der Waals surface area contributed by atoms with Crippen LogP contribution in [-0.4, -0.2) is 75.7 Å². The summed E-state index contributed by atoms with van der Waals surface area (Å²) in [5.74, 6) is -0.00917. The number of likely N-dealkylation sites (N-methyl/N-ethyl adjacent to an activating group) is 1. The Kier molecular flexibility index (Phi) is 18.1. The number of nitrogens with one attached hydrogen (secondary N) is 4. The molecule has 0 aliphatic carbocycles. The van der Waals surface area contributed by atoms with Crippen molar-refractivity contribution in [3.05, 3.63) is 142 Å². The van der Waals surface area contributed by atoms with Gasteiger partial charge in [-0.1, -0.05) is 105 Å². The van der Waals surface area contributed by atoms with Gasteiger partial charge in [0.05, 0.1) is 54.2 Å². The number of alkyl halides is 6. The molecule has 0 aromatic heterocycles. The van der Waals surface area contributed by atoms with Crippen LogP contribution in [0, 0.1) is 19.3 Å². The SMILES string of the molecule is Cc1cc([C@@H](C)OC[C@@]2(c3ccccc3)CC[C@H](NC(=O)C(C)(C)C)CN2)cc(C(F)(F)F)c1.Cc1cc([C@@H](C)OC[C@@]2(c3ccccc3)CC[C@H](NC(=O)CN(C)C)CN2)cc(C(F)(F)F)c1. The van der Waals surface area contributed by atoms with E-state index in [2.05, 4.69) is 21.3 Å². The lowest BCUT2D eigenvalue weighted by molar-refractivity contribution is -0.138. The van der Waals surface area contributed by atoms with Crippen LogP contribution >= 0.6 is 0 Å². The highest BCUT2D eigenvalue weighted by atomic mass is 19.4. The first-order chi connectivity index (χ1) is 31.8. The Labute approximate surface area is 398 Å². The third-order valence-electron chi connectivity index (χ3n) is 12.7. The number of hydrogen-bond donors (Lipinski definition) is 4. The van der Waals surface area contributed by atoms with Crippen LogP contribution in [0.15, 0.2) is 97.1 Å². The second-order valence-electron chi connectivity index (χ2n) is 19.8. The maximum Gasteiger partial charge on any atom is 0.416 e. The first-order valence-electron chi connectivity index (χ1n) is 23.3. The van der Waals surface area contributed by atoms with Gasteiger partial charge in [-0.15, -0.1) is 0 Å². The number of ether oxygens (including phenoxy) is 2. The van der Waals surface area contributed by atoms with Crippen LogP contribution in [0.3, 0.4) is 0 Å². The van der Waals surface area contributed by atoms with Crippen molar-refractivity contribution in [2.45, 2.75) is 122 Å². The molecule has 68 heavy (non-hydrogen) atoms. The zero-order valence-corrected chi connectivity index (χ0v) is 40.8. The number of rotatable bonds is 14. The van der Waals surface area contributed by atoms with Gasteiger partial charge in [-0.3, -0.25) is 9.59 Å². The van der Waals surface area contributed by atoms with Gasteiger partial charge in [0.25, 0.3) is 0 Å². The first kappa shape index (κ1) is 54.1. The predicted molar refractivity (Wildman–Crippen MR) is 254 cm³/mol. The molecule has 4 N–H and O–H groups in total. The maximum absolute atomic E-state index is 13.3. The molecule has 2 aliphatic heterocycles. The van der Waals surface area contributed by atoms with Gasteiger partial charge >= 0.3 is 12.4 Å². The molecule has 372 valence electrons. The minimum absolute atomic E-state index is 0.00658. The number of piperidine rings is 2. The summed E-state index contributed by atoms with van der Waals surface area (Å²) in [6.07, 6.45) is -6.85. The average Bonchev–Trinajstić information content (AvgIpc) is 3.27. The normalized spacial score (nSPS) is 22.1. The van der Waals surface area contributed by atoms with E-state index in [4.69, 9.17) is 9.47 Å². The number of nitrogens with zero attached hydrogens (tertiary/aromatic N) is 1. The van der Waals surface area contributed by atoms with Crippen molar-refractivity contribution in [1.82, 2.24) is 26.2 Å². The quantitative estimate of drug-likeness (QED) is 0.0934. The predicted octanol–water partition coefficient (Wildman–Crippen LogP) is 10.3. The maximum atomic E-state index is 13.3. The summed E-state index contributed by atoms with van der Waals surface area (Å²) in [6.45, 7) is 14.6. The number of halogens is 6. The first-order valence-corrected chi connectivity index (χ1v) is 23.3. The van der Waals surface area contributed by atoms with E-state index in [0.29, 0.717) is 55.1 Å². The van der Waals surface area contributed by atoms with Crippen molar-refractivity contribution >= 4 is 11.8 Å². The molecule has 2 heterocycles. The lowest BCUT2D eigenvalue weighted by Crippen LogP contribution is -2.58. The van der Waals surface area contributed by atoms with Crippen LogP contribution < -0.4 is 21.3 Å². The lowest BCUT2D eigenvalue weighted by atomic mass is 9.81. The molecule has 0 bridgehead atoms. The molecule has 9 nitrogen and oxygen atoms in total. The molecule has 15 heteroatoms. The van der Waals surface area contributed by atoms with Crippen LogP contribution in [0.2, 0.25) is 0 Å². The fraction of sp³-hybridized carbons (Fsp3) is 0.509. The number of amides is 2. The Bertz CT molecular complexity index is 2250. The van der Waals surface area contributed by atoms with Crippen molar-refractivity contribution < 1.29 is 45.4 Å². The van der Waals surface area contributed by atoms with Crippen LogP contribution in [0.5, 0.6) is 0 Å². The van der Waals surface area contributed by atoms with Crippen LogP contribution in [-0.2, 0) is 42.5 Å². The largest absolute Gasteiger partial charge is 0.416 e. The lowest BCUT2D eigenvalue weighted by Gasteiger charge is -2.42. The fourth-order valence-corrected chi connectivity index (χ4v) is 8.64. The van der Waals surface area contributed by atoms with Crippen LogP contribution in [0.25, 0.3) is 0 Å². The number of hydrogen-bond acceptors (Lipinski definition) is 7. The summed E-state index contributed by atoms with van der Waals surface area (Å²) in [4.78, 5) is 26.4. The standard InChI is InChI=1S/C27H35F3N2O2.C26H34F3N3O2/c1-18-13-20(15-22(14-18)27(28,29)30)19(2)34-17-26(21-9-7-6-8-10-21)12-11-23(16-31-26)32-24(33)25(3,4)5;1-18-12-20(14-22(13-18)26(27,28)29)19(2)34-17-25(21-8-6-5-7-9-21)11-10-23(15-30-25)31-24(33)16-32(3)4/h6-10,13-15,19,23,31H,11-12,16-17H2,1-5H3,(H,32,33);5-9,12-14,19,23,30H,10-11,15-17H2,1-4H3,(H,31,33)/t19-,23+,26-;19-,23+,25-/m11/s1. The molecule has 0 radical (unpaired) electrons. The van der Waals surface area contributed by atoms with Crippen molar-refractivity contribution in [3.63, 3.8) is 0 Å². The summed E-state index contributed by atoms with van der Waals surface area (Å²) < 4.78 is 92.1. The molecule has 6 rings (SSSR count). The summed E-state index contributed by atoms with van der Waals surface area (Å²) in [6, 6.07) is 28.0. The third kappa shape index (κ3) is 15.1. The average molecular weight is 954 g/mol. The second-order valence-corrected chi connectivity index (χ2v) is 19.8. The molecular weight excluding hydrogens is 885 g/mol. The number of aryl methyl sites for hydroxylation is 2. The highest BCUT2D eigenvalue weighted by molar-refractivity contribution is 5.81. The van der Waals surface area contributed by atoms with Crippen molar-refractivity contribution in [1.29, 1.82) is 0 Å². The van der Waals surface area contributed by atoms with E-state index < -0.39 is 52.2 Å². The van der Waals surface area contributed by atoms with E-state index in [-0.39, 0.29) is 23.9 Å². The summed E-state index contributed by atoms with van der Waals surface area (Å²) in [5, 5.41) is 13.4. The molecule has 2 amide bonds. The van der Waals surface area contributed by atoms with Gasteiger partial charge in [0.15, 0.2) is 0 Å². The van der Waals surface area contributed by atoms with Gasteiger partial charge in [-0.2, -0.15) is 26.3 Å². The second kappa shape index (κ2) is 22.7. The van der Waals surface area contributed by atoms with Gasteiger partial charge in [-0.05, 0) is 114 Å². The van der Waals surface area contributed by atoms with Crippen LogP contribution in [0.4, 0.5) is 26.3 Å². The topological polar surface area (TPSA) is 104 Å². The monoisotopic (exact) mass is 954 g/mol. The van der Waals surface area contributed by atoms with Crippen LogP contribution in [0.1, 0.15) is 117 Å². The molecule has 6 atom stereocenters.